The van der Waals surface area contributed by atoms with Gasteiger partial charge in [-0.25, -0.2) is 18.4 Å². The Bertz CT molecular complexity index is 942. The summed E-state index contributed by atoms with van der Waals surface area (Å²) in [5.41, 5.74) is 0.0826. The Kier molecular flexibility index (Phi) is 5.88. The molecule has 27 heavy (non-hydrogen) atoms. The summed E-state index contributed by atoms with van der Waals surface area (Å²) in [6.45, 7) is 2.75. The van der Waals surface area contributed by atoms with Crippen molar-refractivity contribution >= 4 is 10.0 Å². The van der Waals surface area contributed by atoms with Crippen LogP contribution in [0.4, 0.5) is 0 Å². The summed E-state index contributed by atoms with van der Waals surface area (Å²) in [4.78, 5) is 8.09. The minimum absolute atomic E-state index is 0.0826. The van der Waals surface area contributed by atoms with Crippen LogP contribution in [0.3, 0.4) is 0 Å². The third-order valence-corrected chi connectivity index (χ3v) is 6.06. The van der Waals surface area contributed by atoms with E-state index >= 15 is 0 Å². The molecule has 1 aromatic heterocycles. The fourth-order valence-electron chi connectivity index (χ4n) is 2.94. The molecule has 1 fully saturated rings. The van der Waals surface area contributed by atoms with E-state index in [-0.39, 0.29) is 23.0 Å². The molecule has 0 spiro atoms. The number of ether oxygens (including phenoxy) is 2. The van der Waals surface area contributed by atoms with Crippen LogP contribution in [0.15, 0.2) is 41.6 Å². The van der Waals surface area contributed by atoms with Gasteiger partial charge in [0.2, 0.25) is 15.7 Å². The maximum atomic E-state index is 13.1. The first-order valence-electron chi connectivity index (χ1n) is 8.66. The number of benzene rings is 1. The van der Waals surface area contributed by atoms with Gasteiger partial charge in [-0.3, -0.25) is 0 Å². The van der Waals surface area contributed by atoms with Gasteiger partial charge in [0.15, 0.2) is 0 Å². The highest BCUT2D eigenvalue weighted by atomic mass is 32.2. The fraction of sp³-hybridized carbons (Fsp3) is 0.389. The maximum Gasteiger partial charge on any atom is 0.251 e. The summed E-state index contributed by atoms with van der Waals surface area (Å²) in [5.74, 6) is 0.461. The zero-order valence-corrected chi connectivity index (χ0v) is 15.7. The number of para-hydroxylation sites is 1. The van der Waals surface area contributed by atoms with E-state index in [1.165, 1.54) is 16.7 Å². The fourth-order valence-corrected chi connectivity index (χ4v) is 4.58. The van der Waals surface area contributed by atoms with E-state index < -0.39 is 16.1 Å². The SMILES string of the molecule is CCOc1ccccc1S(=O)(=O)N1CCCC(Oc2nccnc2C#N)C1. The molecule has 0 aliphatic carbocycles. The number of piperidine rings is 1. The number of hydrogen-bond donors (Lipinski definition) is 0. The van der Waals surface area contributed by atoms with Crippen LogP contribution >= 0.6 is 0 Å². The van der Waals surface area contributed by atoms with Gasteiger partial charge in [0.25, 0.3) is 5.88 Å². The number of sulfonamides is 1. The van der Waals surface area contributed by atoms with Crippen LogP contribution in [0.5, 0.6) is 11.6 Å². The van der Waals surface area contributed by atoms with Gasteiger partial charge in [-0.05, 0) is 31.9 Å². The van der Waals surface area contributed by atoms with Crippen LogP contribution in [0.2, 0.25) is 0 Å². The Balaban J connectivity index is 1.81. The summed E-state index contributed by atoms with van der Waals surface area (Å²) < 4.78 is 38.9. The van der Waals surface area contributed by atoms with Gasteiger partial charge in [-0.1, -0.05) is 12.1 Å². The van der Waals surface area contributed by atoms with Crippen molar-refractivity contribution in [3.05, 3.63) is 42.4 Å². The van der Waals surface area contributed by atoms with Crippen LogP contribution in [0.25, 0.3) is 0 Å². The van der Waals surface area contributed by atoms with E-state index in [9.17, 15) is 8.42 Å². The van der Waals surface area contributed by atoms with E-state index in [0.29, 0.717) is 31.7 Å². The predicted octanol–water partition coefficient (Wildman–Crippen LogP) is 1.98. The smallest absolute Gasteiger partial charge is 0.251 e. The van der Waals surface area contributed by atoms with Crippen LogP contribution in [-0.4, -0.2) is 48.5 Å². The van der Waals surface area contributed by atoms with Gasteiger partial charge in [0.05, 0.1) is 13.2 Å². The molecular formula is C18H20N4O4S. The van der Waals surface area contributed by atoms with E-state index in [4.69, 9.17) is 14.7 Å². The first-order valence-corrected chi connectivity index (χ1v) is 10.1. The predicted molar refractivity (Wildman–Crippen MR) is 96.8 cm³/mol. The molecule has 1 aromatic carbocycles. The van der Waals surface area contributed by atoms with E-state index in [2.05, 4.69) is 9.97 Å². The molecule has 1 saturated heterocycles. The summed E-state index contributed by atoms with van der Waals surface area (Å²) in [7, 11) is -3.73. The molecule has 1 atom stereocenters. The van der Waals surface area contributed by atoms with Crippen LogP contribution in [0.1, 0.15) is 25.5 Å². The highest BCUT2D eigenvalue weighted by Crippen LogP contribution is 2.29. The van der Waals surface area contributed by atoms with Crippen LogP contribution < -0.4 is 9.47 Å². The van der Waals surface area contributed by atoms with Gasteiger partial charge in [-0.15, -0.1) is 0 Å². The van der Waals surface area contributed by atoms with E-state index in [0.717, 1.165) is 0 Å². The highest BCUT2D eigenvalue weighted by Gasteiger charge is 2.33. The summed E-state index contributed by atoms with van der Waals surface area (Å²) in [5, 5.41) is 9.11. The molecule has 0 saturated carbocycles. The standard InChI is InChI=1S/C18H20N4O4S/c1-2-25-16-7-3-4-8-17(16)27(23,24)22-11-5-6-14(13-22)26-18-15(12-19)20-9-10-21-18/h3-4,7-10,14H,2,5-6,11,13H2,1H3. The van der Waals surface area contributed by atoms with Crippen molar-refractivity contribution in [1.82, 2.24) is 14.3 Å². The van der Waals surface area contributed by atoms with Crippen LogP contribution in [0, 0.1) is 11.3 Å². The molecule has 1 unspecified atom stereocenters. The van der Waals surface area contributed by atoms with Crippen molar-refractivity contribution in [2.45, 2.75) is 30.8 Å². The lowest BCUT2D eigenvalue weighted by atomic mass is 10.1. The first-order chi connectivity index (χ1) is 13.1. The van der Waals surface area contributed by atoms with Crippen LogP contribution in [-0.2, 0) is 10.0 Å². The molecule has 0 amide bonds. The molecule has 2 aromatic rings. The van der Waals surface area contributed by atoms with E-state index in [1.807, 2.05) is 13.0 Å². The molecule has 1 aliphatic heterocycles. The minimum Gasteiger partial charge on any atom is -0.492 e. The van der Waals surface area contributed by atoms with Crippen molar-refractivity contribution in [2.75, 3.05) is 19.7 Å². The summed E-state index contributed by atoms with van der Waals surface area (Å²) in [6, 6.07) is 8.53. The average Bonchev–Trinajstić information content (AvgIpc) is 2.69. The highest BCUT2D eigenvalue weighted by molar-refractivity contribution is 7.89. The largest absolute Gasteiger partial charge is 0.492 e. The molecule has 3 rings (SSSR count). The molecule has 0 bridgehead atoms. The zero-order chi connectivity index (χ0) is 19.3. The number of rotatable bonds is 6. The quantitative estimate of drug-likeness (QED) is 0.745. The number of nitrogens with zero attached hydrogens (tertiary/aromatic N) is 4. The second kappa shape index (κ2) is 8.33. The Morgan fingerprint density at radius 2 is 2.07 bits per heavy atom. The molecule has 0 radical (unpaired) electrons. The number of aromatic nitrogens is 2. The maximum absolute atomic E-state index is 13.1. The van der Waals surface area contributed by atoms with Gasteiger partial charge in [0, 0.05) is 18.9 Å². The zero-order valence-electron chi connectivity index (χ0n) is 14.9. The van der Waals surface area contributed by atoms with Gasteiger partial charge < -0.3 is 9.47 Å². The summed E-state index contributed by atoms with van der Waals surface area (Å²) in [6.07, 6.45) is 3.75. The lowest BCUT2D eigenvalue weighted by Gasteiger charge is -2.32. The van der Waals surface area contributed by atoms with Crippen molar-refractivity contribution in [3.63, 3.8) is 0 Å². The lowest BCUT2D eigenvalue weighted by Crippen LogP contribution is -2.44. The molecular weight excluding hydrogens is 368 g/mol. The Morgan fingerprint density at radius 1 is 1.30 bits per heavy atom. The van der Waals surface area contributed by atoms with Crippen molar-refractivity contribution in [1.29, 1.82) is 5.26 Å². The third-order valence-electron chi connectivity index (χ3n) is 4.16. The molecule has 8 nitrogen and oxygen atoms in total. The molecule has 142 valence electrons. The normalized spacial score (nSPS) is 17.9. The number of nitriles is 1. The van der Waals surface area contributed by atoms with Crippen molar-refractivity contribution < 1.29 is 17.9 Å². The van der Waals surface area contributed by atoms with Crippen molar-refractivity contribution in [2.24, 2.45) is 0 Å². The van der Waals surface area contributed by atoms with E-state index in [1.54, 1.807) is 24.3 Å². The second-order valence-electron chi connectivity index (χ2n) is 5.95. The van der Waals surface area contributed by atoms with Gasteiger partial charge in [0.1, 0.15) is 22.8 Å². The van der Waals surface area contributed by atoms with Gasteiger partial charge >= 0.3 is 0 Å². The monoisotopic (exact) mass is 388 g/mol. The molecule has 1 aliphatic rings. The van der Waals surface area contributed by atoms with Crippen molar-refractivity contribution in [3.8, 4) is 17.7 Å². The molecule has 9 heteroatoms. The minimum atomic E-state index is -3.73. The number of hydrogen-bond acceptors (Lipinski definition) is 7. The summed E-state index contributed by atoms with van der Waals surface area (Å²) >= 11 is 0. The topological polar surface area (TPSA) is 105 Å². The Morgan fingerprint density at radius 3 is 2.85 bits per heavy atom. The molecule has 2 heterocycles. The third kappa shape index (κ3) is 4.18. The Hall–Kier alpha value is -2.70. The lowest BCUT2D eigenvalue weighted by molar-refractivity contribution is 0.123. The molecule has 0 N–H and O–H groups in total. The Labute approximate surface area is 158 Å². The average molecular weight is 388 g/mol. The second-order valence-corrected chi connectivity index (χ2v) is 7.85. The van der Waals surface area contributed by atoms with Gasteiger partial charge in [-0.2, -0.15) is 9.57 Å². The first kappa shape index (κ1) is 19.1.